The fraction of sp³-hybridized carbons (Fsp3) is 0.571. The summed E-state index contributed by atoms with van der Waals surface area (Å²) in [4.78, 5) is 15.5. The Hall–Kier alpha value is -1.83. The van der Waals surface area contributed by atoms with E-state index in [0.717, 1.165) is 0 Å². The SMILES string of the molecule is CC(C)C(O)CCNC(=O)c1cccc(OCC(F)(F)F)n1. The summed E-state index contributed by atoms with van der Waals surface area (Å²) < 4.78 is 40.6. The highest BCUT2D eigenvalue weighted by molar-refractivity contribution is 5.92. The first-order valence-corrected chi connectivity index (χ1v) is 6.82. The number of rotatable bonds is 7. The summed E-state index contributed by atoms with van der Waals surface area (Å²) in [5.41, 5.74) is -0.0429. The second-order valence-corrected chi connectivity index (χ2v) is 5.12. The van der Waals surface area contributed by atoms with Crippen LogP contribution in [0.4, 0.5) is 13.2 Å². The van der Waals surface area contributed by atoms with Crippen molar-refractivity contribution in [2.75, 3.05) is 13.2 Å². The lowest BCUT2D eigenvalue weighted by Gasteiger charge is -2.14. The highest BCUT2D eigenvalue weighted by Crippen LogP contribution is 2.17. The van der Waals surface area contributed by atoms with Crippen molar-refractivity contribution in [3.63, 3.8) is 0 Å². The quantitative estimate of drug-likeness (QED) is 0.807. The molecule has 0 bridgehead atoms. The molecule has 1 unspecified atom stereocenters. The lowest BCUT2D eigenvalue weighted by molar-refractivity contribution is -0.154. The van der Waals surface area contributed by atoms with Gasteiger partial charge in [0.2, 0.25) is 5.88 Å². The van der Waals surface area contributed by atoms with E-state index in [1.54, 1.807) is 0 Å². The molecule has 0 fully saturated rings. The molecule has 2 N–H and O–H groups in total. The number of pyridine rings is 1. The zero-order valence-corrected chi connectivity index (χ0v) is 12.4. The van der Waals surface area contributed by atoms with Crippen LogP contribution >= 0.6 is 0 Å². The maximum absolute atomic E-state index is 12.1. The van der Waals surface area contributed by atoms with Gasteiger partial charge in [0, 0.05) is 12.6 Å². The van der Waals surface area contributed by atoms with Crippen molar-refractivity contribution < 1.29 is 27.8 Å². The van der Waals surface area contributed by atoms with Crippen LogP contribution < -0.4 is 10.1 Å². The molecular formula is C14H19F3N2O3. The van der Waals surface area contributed by atoms with Gasteiger partial charge in [-0.2, -0.15) is 13.2 Å². The van der Waals surface area contributed by atoms with Crippen molar-refractivity contribution in [2.24, 2.45) is 5.92 Å². The summed E-state index contributed by atoms with van der Waals surface area (Å²) in [6, 6.07) is 4.00. The molecule has 0 radical (unpaired) electrons. The van der Waals surface area contributed by atoms with Crippen molar-refractivity contribution in [3.05, 3.63) is 23.9 Å². The Kier molecular flexibility index (Phi) is 6.61. The highest BCUT2D eigenvalue weighted by atomic mass is 19.4. The van der Waals surface area contributed by atoms with E-state index in [1.807, 2.05) is 13.8 Å². The standard InChI is InChI=1S/C14H19F3N2O3/c1-9(2)11(20)6-7-18-13(21)10-4-3-5-12(19-10)22-8-14(15,16)17/h3-5,9,11,20H,6-8H2,1-2H3,(H,18,21). The minimum absolute atomic E-state index is 0.0429. The fourth-order valence-corrected chi connectivity index (χ4v) is 1.53. The summed E-state index contributed by atoms with van der Waals surface area (Å²) in [7, 11) is 0. The fourth-order valence-electron chi connectivity index (χ4n) is 1.53. The van der Waals surface area contributed by atoms with Gasteiger partial charge in [0.05, 0.1) is 6.10 Å². The van der Waals surface area contributed by atoms with Crippen molar-refractivity contribution in [1.82, 2.24) is 10.3 Å². The normalized spacial score (nSPS) is 13.0. The minimum atomic E-state index is -4.47. The molecule has 8 heteroatoms. The Balaban J connectivity index is 2.52. The van der Waals surface area contributed by atoms with Crippen LogP contribution in [0.3, 0.4) is 0 Å². The Morgan fingerprint density at radius 3 is 2.68 bits per heavy atom. The van der Waals surface area contributed by atoms with Gasteiger partial charge in [0.25, 0.3) is 5.91 Å². The Morgan fingerprint density at radius 1 is 1.41 bits per heavy atom. The molecule has 0 saturated heterocycles. The number of ether oxygens (including phenoxy) is 1. The number of aliphatic hydroxyl groups excluding tert-OH is 1. The van der Waals surface area contributed by atoms with E-state index in [0.29, 0.717) is 6.42 Å². The van der Waals surface area contributed by atoms with E-state index < -0.39 is 24.8 Å². The zero-order valence-electron chi connectivity index (χ0n) is 12.4. The van der Waals surface area contributed by atoms with Crippen LogP contribution in [0.15, 0.2) is 18.2 Å². The first kappa shape index (κ1) is 18.2. The zero-order chi connectivity index (χ0) is 16.8. The summed E-state index contributed by atoms with van der Waals surface area (Å²) in [5, 5.41) is 12.2. The summed E-state index contributed by atoms with van der Waals surface area (Å²) in [5.74, 6) is -0.727. The van der Waals surface area contributed by atoms with Gasteiger partial charge < -0.3 is 15.2 Å². The maximum atomic E-state index is 12.1. The lowest BCUT2D eigenvalue weighted by Crippen LogP contribution is -2.29. The van der Waals surface area contributed by atoms with Gasteiger partial charge in [0.1, 0.15) is 5.69 Å². The topological polar surface area (TPSA) is 71.5 Å². The van der Waals surface area contributed by atoms with E-state index in [1.165, 1.54) is 18.2 Å². The molecule has 5 nitrogen and oxygen atoms in total. The number of hydrogen-bond acceptors (Lipinski definition) is 4. The van der Waals surface area contributed by atoms with E-state index in [2.05, 4.69) is 15.0 Å². The highest BCUT2D eigenvalue weighted by Gasteiger charge is 2.28. The van der Waals surface area contributed by atoms with Crippen LogP contribution in [-0.4, -0.2) is 41.4 Å². The van der Waals surface area contributed by atoms with Crippen molar-refractivity contribution in [1.29, 1.82) is 0 Å². The number of aromatic nitrogens is 1. The molecule has 124 valence electrons. The molecule has 0 aromatic carbocycles. The first-order valence-electron chi connectivity index (χ1n) is 6.82. The van der Waals surface area contributed by atoms with E-state index >= 15 is 0 Å². The number of alkyl halides is 3. The van der Waals surface area contributed by atoms with Crippen LogP contribution in [0.2, 0.25) is 0 Å². The number of halogens is 3. The third-order valence-corrected chi connectivity index (χ3v) is 2.84. The molecule has 0 saturated carbocycles. The van der Waals surface area contributed by atoms with E-state index in [9.17, 15) is 23.1 Å². The van der Waals surface area contributed by atoms with Crippen LogP contribution in [0.5, 0.6) is 5.88 Å². The predicted molar refractivity (Wildman–Crippen MR) is 73.6 cm³/mol. The molecule has 0 aliphatic heterocycles. The van der Waals surface area contributed by atoms with Gasteiger partial charge in [-0.1, -0.05) is 19.9 Å². The number of hydrogen-bond donors (Lipinski definition) is 2. The third kappa shape index (κ3) is 6.75. The number of nitrogens with zero attached hydrogens (tertiary/aromatic N) is 1. The summed E-state index contributed by atoms with van der Waals surface area (Å²) >= 11 is 0. The van der Waals surface area contributed by atoms with E-state index in [4.69, 9.17) is 0 Å². The molecule has 1 heterocycles. The molecule has 1 aromatic rings. The number of aliphatic hydroxyl groups is 1. The van der Waals surface area contributed by atoms with Crippen LogP contribution in [0.1, 0.15) is 30.8 Å². The van der Waals surface area contributed by atoms with Gasteiger partial charge in [-0.05, 0) is 18.4 Å². The Bertz CT molecular complexity index is 492. The first-order chi connectivity index (χ1) is 10.2. The van der Waals surface area contributed by atoms with Crippen molar-refractivity contribution in [3.8, 4) is 5.88 Å². The number of nitrogens with one attached hydrogen (secondary N) is 1. The summed E-state index contributed by atoms with van der Waals surface area (Å²) in [6.45, 7) is 2.49. The molecule has 22 heavy (non-hydrogen) atoms. The molecule has 0 aliphatic carbocycles. The molecule has 1 aromatic heterocycles. The monoisotopic (exact) mass is 320 g/mol. The predicted octanol–water partition coefficient (Wildman–Crippen LogP) is 2.16. The van der Waals surface area contributed by atoms with Gasteiger partial charge >= 0.3 is 6.18 Å². The molecule has 1 atom stereocenters. The van der Waals surface area contributed by atoms with Gasteiger partial charge in [-0.25, -0.2) is 4.98 Å². The van der Waals surface area contributed by atoms with Crippen LogP contribution in [0.25, 0.3) is 0 Å². The smallest absolute Gasteiger partial charge is 0.422 e. The van der Waals surface area contributed by atoms with E-state index in [-0.39, 0.29) is 24.0 Å². The molecule has 0 aliphatic rings. The number of carbonyl (C=O) groups is 1. The molecule has 0 spiro atoms. The maximum Gasteiger partial charge on any atom is 0.422 e. The lowest BCUT2D eigenvalue weighted by atomic mass is 10.0. The van der Waals surface area contributed by atoms with Gasteiger partial charge in [-0.15, -0.1) is 0 Å². The Labute approximate surface area is 126 Å². The average Bonchev–Trinajstić information content (AvgIpc) is 2.44. The average molecular weight is 320 g/mol. The largest absolute Gasteiger partial charge is 0.468 e. The van der Waals surface area contributed by atoms with Gasteiger partial charge in [-0.3, -0.25) is 4.79 Å². The number of amides is 1. The number of carbonyl (C=O) groups excluding carboxylic acids is 1. The van der Waals surface area contributed by atoms with Crippen LogP contribution in [-0.2, 0) is 0 Å². The van der Waals surface area contributed by atoms with Crippen LogP contribution in [0, 0.1) is 5.92 Å². The second kappa shape index (κ2) is 7.98. The Morgan fingerprint density at radius 2 is 2.09 bits per heavy atom. The summed E-state index contributed by atoms with van der Waals surface area (Å²) in [6.07, 6.45) is -4.62. The molecule has 1 rings (SSSR count). The minimum Gasteiger partial charge on any atom is -0.468 e. The van der Waals surface area contributed by atoms with Gasteiger partial charge in [0.15, 0.2) is 6.61 Å². The second-order valence-electron chi connectivity index (χ2n) is 5.12. The van der Waals surface area contributed by atoms with Crippen molar-refractivity contribution in [2.45, 2.75) is 32.5 Å². The molecule has 1 amide bonds. The molecular weight excluding hydrogens is 301 g/mol. The third-order valence-electron chi connectivity index (χ3n) is 2.84. The van der Waals surface area contributed by atoms with Crippen molar-refractivity contribution >= 4 is 5.91 Å².